The number of ether oxygens (including phenoxy) is 1. The van der Waals surface area contributed by atoms with E-state index in [1.54, 1.807) is 0 Å². The second kappa shape index (κ2) is 6.73. The molecule has 3 aliphatic rings. The van der Waals surface area contributed by atoms with Crippen LogP contribution in [0.1, 0.15) is 38.5 Å². The number of likely N-dealkylation sites (tertiary alicyclic amines) is 2. The van der Waals surface area contributed by atoms with E-state index in [9.17, 15) is 0 Å². The highest BCUT2D eigenvalue weighted by Crippen LogP contribution is 2.30. The SMILES string of the molecule is NCC1(N2CCC(CN3CCCC3)CC2)CCCOC1. The summed E-state index contributed by atoms with van der Waals surface area (Å²) >= 11 is 0. The molecule has 3 fully saturated rings. The van der Waals surface area contributed by atoms with Gasteiger partial charge in [0.15, 0.2) is 0 Å². The Morgan fingerprint density at radius 1 is 1.05 bits per heavy atom. The average molecular weight is 281 g/mol. The van der Waals surface area contributed by atoms with Crippen molar-refractivity contribution in [1.29, 1.82) is 0 Å². The van der Waals surface area contributed by atoms with Crippen molar-refractivity contribution in [3.05, 3.63) is 0 Å². The minimum absolute atomic E-state index is 0.150. The Hall–Kier alpha value is -0.160. The maximum Gasteiger partial charge on any atom is 0.0662 e. The van der Waals surface area contributed by atoms with E-state index in [2.05, 4.69) is 9.80 Å². The fraction of sp³-hybridized carbons (Fsp3) is 1.00. The van der Waals surface area contributed by atoms with Crippen LogP contribution in [-0.4, -0.2) is 67.8 Å². The van der Waals surface area contributed by atoms with Crippen LogP contribution < -0.4 is 5.73 Å². The smallest absolute Gasteiger partial charge is 0.0662 e. The molecule has 0 amide bonds. The van der Waals surface area contributed by atoms with Crippen LogP contribution in [0.25, 0.3) is 0 Å². The van der Waals surface area contributed by atoms with E-state index in [0.717, 1.165) is 25.7 Å². The Bertz CT molecular complexity index is 290. The lowest BCUT2D eigenvalue weighted by Crippen LogP contribution is -2.60. The van der Waals surface area contributed by atoms with Crippen molar-refractivity contribution in [3.8, 4) is 0 Å². The van der Waals surface area contributed by atoms with E-state index in [1.165, 1.54) is 71.2 Å². The third-order valence-corrected chi connectivity index (χ3v) is 5.68. The Balaban J connectivity index is 1.49. The molecule has 1 atom stereocenters. The van der Waals surface area contributed by atoms with Crippen molar-refractivity contribution < 1.29 is 4.74 Å². The second-order valence-electron chi connectivity index (χ2n) is 7.02. The lowest BCUT2D eigenvalue weighted by atomic mass is 9.86. The van der Waals surface area contributed by atoms with Gasteiger partial charge in [0.25, 0.3) is 0 Å². The van der Waals surface area contributed by atoms with Crippen LogP contribution in [-0.2, 0) is 4.74 Å². The number of nitrogens with two attached hydrogens (primary N) is 1. The van der Waals surface area contributed by atoms with Crippen molar-refractivity contribution in [2.75, 3.05) is 52.5 Å². The second-order valence-corrected chi connectivity index (χ2v) is 7.02. The Morgan fingerprint density at radius 2 is 1.80 bits per heavy atom. The molecule has 0 saturated carbocycles. The van der Waals surface area contributed by atoms with Crippen molar-refractivity contribution >= 4 is 0 Å². The average Bonchev–Trinajstić information content (AvgIpc) is 3.02. The molecule has 20 heavy (non-hydrogen) atoms. The zero-order chi connectivity index (χ0) is 13.8. The lowest BCUT2D eigenvalue weighted by molar-refractivity contribution is -0.0578. The maximum atomic E-state index is 6.11. The van der Waals surface area contributed by atoms with E-state index in [1.807, 2.05) is 0 Å². The fourth-order valence-electron chi connectivity index (χ4n) is 4.30. The van der Waals surface area contributed by atoms with Gasteiger partial charge in [-0.1, -0.05) is 0 Å². The molecule has 4 nitrogen and oxygen atoms in total. The molecular formula is C16H31N3O. The zero-order valence-corrected chi connectivity index (χ0v) is 12.9. The molecule has 0 aromatic heterocycles. The summed E-state index contributed by atoms with van der Waals surface area (Å²) in [6.45, 7) is 8.97. The molecule has 2 N–H and O–H groups in total. The summed E-state index contributed by atoms with van der Waals surface area (Å²) in [6, 6.07) is 0. The normalized spacial score (nSPS) is 34.6. The molecule has 0 spiro atoms. The van der Waals surface area contributed by atoms with Crippen molar-refractivity contribution in [2.24, 2.45) is 11.7 Å². The number of hydrogen-bond donors (Lipinski definition) is 1. The van der Waals surface area contributed by atoms with Crippen LogP contribution in [0.5, 0.6) is 0 Å². The highest BCUT2D eigenvalue weighted by molar-refractivity contribution is 4.95. The fourth-order valence-corrected chi connectivity index (χ4v) is 4.30. The summed E-state index contributed by atoms with van der Waals surface area (Å²) in [6.07, 6.45) is 7.90. The van der Waals surface area contributed by atoms with Crippen LogP contribution in [0.15, 0.2) is 0 Å². The number of nitrogens with zero attached hydrogens (tertiary/aromatic N) is 2. The van der Waals surface area contributed by atoms with Gasteiger partial charge in [0.05, 0.1) is 12.1 Å². The number of rotatable bonds is 4. The molecule has 0 radical (unpaired) electrons. The van der Waals surface area contributed by atoms with Crippen molar-refractivity contribution in [3.63, 3.8) is 0 Å². The first-order chi connectivity index (χ1) is 9.82. The largest absolute Gasteiger partial charge is 0.379 e. The van der Waals surface area contributed by atoms with Crippen LogP contribution in [0.4, 0.5) is 0 Å². The minimum Gasteiger partial charge on any atom is -0.379 e. The van der Waals surface area contributed by atoms with Gasteiger partial charge in [0.2, 0.25) is 0 Å². The summed E-state index contributed by atoms with van der Waals surface area (Å²) in [4.78, 5) is 5.31. The first kappa shape index (κ1) is 14.8. The van der Waals surface area contributed by atoms with Gasteiger partial charge in [0.1, 0.15) is 0 Å². The van der Waals surface area contributed by atoms with Gasteiger partial charge in [-0.15, -0.1) is 0 Å². The summed E-state index contributed by atoms with van der Waals surface area (Å²) in [5.41, 5.74) is 6.26. The molecule has 3 heterocycles. The van der Waals surface area contributed by atoms with E-state index in [4.69, 9.17) is 10.5 Å². The Kier molecular flexibility index (Phi) is 4.97. The summed E-state index contributed by atoms with van der Waals surface area (Å²) in [7, 11) is 0. The van der Waals surface area contributed by atoms with Gasteiger partial charge >= 0.3 is 0 Å². The van der Waals surface area contributed by atoms with Crippen LogP contribution in [0, 0.1) is 5.92 Å². The predicted molar refractivity (Wildman–Crippen MR) is 81.8 cm³/mol. The molecule has 0 aliphatic carbocycles. The lowest BCUT2D eigenvalue weighted by Gasteiger charge is -2.48. The Morgan fingerprint density at radius 3 is 2.40 bits per heavy atom. The zero-order valence-electron chi connectivity index (χ0n) is 12.9. The van der Waals surface area contributed by atoms with Crippen LogP contribution in [0.2, 0.25) is 0 Å². The third kappa shape index (κ3) is 3.19. The highest BCUT2D eigenvalue weighted by Gasteiger charge is 2.39. The molecule has 0 aromatic carbocycles. The first-order valence-electron chi connectivity index (χ1n) is 8.58. The molecule has 116 valence electrons. The molecule has 0 bridgehead atoms. The van der Waals surface area contributed by atoms with E-state index >= 15 is 0 Å². The minimum atomic E-state index is 0.150. The van der Waals surface area contributed by atoms with E-state index in [-0.39, 0.29) is 5.54 Å². The monoisotopic (exact) mass is 281 g/mol. The van der Waals surface area contributed by atoms with E-state index in [0.29, 0.717) is 0 Å². The number of hydrogen-bond acceptors (Lipinski definition) is 4. The van der Waals surface area contributed by atoms with Crippen molar-refractivity contribution in [2.45, 2.75) is 44.1 Å². The molecule has 3 saturated heterocycles. The molecule has 1 unspecified atom stereocenters. The standard InChI is InChI=1S/C16H31N3O/c17-13-16(6-3-11-20-14-16)19-9-4-15(5-10-19)12-18-7-1-2-8-18/h15H,1-14,17H2. The summed E-state index contributed by atoms with van der Waals surface area (Å²) in [5, 5.41) is 0. The maximum absolute atomic E-state index is 6.11. The Labute approximate surface area is 123 Å². The summed E-state index contributed by atoms with van der Waals surface area (Å²) < 4.78 is 5.73. The molecule has 0 aromatic rings. The van der Waals surface area contributed by atoms with Gasteiger partial charge in [-0.25, -0.2) is 0 Å². The quantitative estimate of drug-likeness (QED) is 0.843. The van der Waals surface area contributed by atoms with Crippen LogP contribution >= 0.6 is 0 Å². The van der Waals surface area contributed by atoms with Gasteiger partial charge in [0, 0.05) is 19.7 Å². The van der Waals surface area contributed by atoms with Crippen LogP contribution in [0.3, 0.4) is 0 Å². The van der Waals surface area contributed by atoms with Gasteiger partial charge in [-0.05, 0) is 70.6 Å². The molecule has 3 aliphatic heterocycles. The molecule has 3 rings (SSSR count). The van der Waals surface area contributed by atoms with Gasteiger partial charge in [-0.3, -0.25) is 4.90 Å². The van der Waals surface area contributed by atoms with E-state index < -0.39 is 0 Å². The first-order valence-corrected chi connectivity index (χ1v) is 8.58. The summed E-state index contributed by atoms with van der Waals surface area (Å²) in [5.74, 6) is 0.906. The third-order valence-electron chi connectivity index (χ3n) is 5.68. The topological polar surface area (TPSA) is 41.7 Å². The number of piperidine rings is 1. The van der Waals surface area contributed by atoms with Crippen molar-refractivity contribution in [1.82, 2.24) is 9.80 Å². The molecular weight excluding hydrogens is 250 g/mol. The molecule has 4 heteroatoms. The van der Waals surface area contributed by atoms with Gasteiger partial charge in [-0.2, -0.15) is 0 Å². The van der Waals surface area contributed by atoms with Gasteiger partial charge < -0.3 is 15.4 Å². The highest BCUT2D eigenvalue weighted by atomic mass is 16.5. The predicted octanol–water partition coefficient (Wildman–Crippen LogP) is 1.30.